The Morgan fingerprint density at radius 2 is 1.91 bits per heavy atom. The molecule has 1 aromatic carbocycles. The number of aromatic nitrogens is 4. The Balaban J connectivity index is 1.26. The highest BCUT2D eigenvalue weighted by atomic mass is 32.1. The molecule has 0 bridgehead atoms. The molecule has 180 valence electrons. The van der Waals surface area contributed by atoms with Gasteiger partial charge in [0.2, 0.25) is 11.8 Å². The van der Waals surface area contributed by atoms with Gasteiger partial charge in [-0.1, -0.05) is 30.3 Å². The number of nitrogens with zero attached hydrogens (tertiary/aromatic N) is 6. The number of anilines is 1. The lowest BCUT2D eigenvalue weighted by Gasteiger charge is -2.36. The number of aryl methyl sites for hydroxylation is 1. The maximum atomic E-state index is 13.0. The lowest BCUT2D eigenvalue weighted by molar-refractivity contribution is -0.135. The number of nitrogens with one attached hydrogen (secondary N) is 1. The van der Waals surface area contributed by atoms with Crippen LogP contribution in [0.1, 0.15) is 32.8 Å². The zero-order chi connectivity index (χ0) is 24.1. The number of para-hydroxylation sites is 1. The predicted molar refractivity (Wildman–Crippen MR) is 133 cm³/mol. The van der Waals surface area contributed by atoms with Crippen LogP contribution in [0.25, 0.3) is 10.6 Å². The van der Waals surface area contributed by atoms with E-state index in [-0.39, 0.29) is 11.8 Å². The monoisotopic (exact) mass is 481 g/mol. The molecule has 0 radical (unpaired) electrons. The van der Waals surface area contributed by atoms with Crippen molar-refractivity contribution >= 4 is 28.8 Å². The van der Waals surface area contributed by atoms with Gasteiger partial charge in [-0.3, -0.25) is 19.5 Å². The van der Waals surface area contributed by atoms with Crippen LogP contribution in [-0.4, -0.2) is 74.3 Å². The second kappa shape index (κ2) is 10.4. The molecule has 1 aliphatic rings. The maximum absolute atomic E-state index is 13.0. The first-order chi connectivity index (χ1) is 16.4. The van der Waals surface area contributed by atoms with Gasteiger partial charge in [0.25, 0.3) is 0 Å². The Hall–Kier alpha value is -3.11. The van der Waals surface area contributed by atoms with E-state index < -0.39 is 5.54 Å². The SMILES string of the molecule is CCc1ccccc1NC(=O)CN1CCN(C(=O)CC(C)(C)n2cc(-c3cncs3)nn2)CC1. The highest BCUT2D eigenvalue weighted by Crippen LogP contribution is 2.25. The molecule has 0 saturated carbocycles. The summed E-state index contributed by atoms with van der Waals surface area (Å²) in [6.07, 6.45) is 4.83. The third-order valence-corrected chi connectivity index (χ3v) is 6.94. The smallest absolute Gasteiger partial charge is 0.238 e. The van der Waals surface area contributed by atoms with Gasteiger partial charge in [-0.05, 0) is 31.9 Å². The van der Waals surface area contributed by atoms with E-state index in [9.17, 15) is 9.59 Å². The van der Waals surface area contributed by atoms with Gasteiger partial charge in [0.15, 0.2) is 0 Å². The number of benzene rings is 1. The van der Waals surface area contributed by atoms with Gasteiger partial charge in [-0.2, -0.15) is 0 Å². The van der Waals surface area contributed by atoms with Crippen LogP contribution in [0.4, 0.5) is 5.69 Å². The van der Waals surface area contributed by atoms with Crippen LogP contribution >= 0.6 is 11.3 Å². The molecule has 10 heteroatoms. The van der Waals surface area contributed by atoms with Crippen molar-refractivity contribution in [2.45, 2.75) is 39.2 Å². The van der Waals surface area contributed by atoms with Crippen LogP contribution < -0.4 is 5.32 Å². The van der Waals surface area contributed by atoms with Crippen molar-refractivity contribution in [3.8, 4) is 10.6 Å². The first-order valence-electron chi connectivity index (χ1n) is 11.6. The van der Waals surface area contributed by atoms with Crippen molar-refractivity contribution in [1.29, 1.82) is 0 Å². The topological polar surface area (TPSA) is 96.2 Å². The molecule has 1 fully saturated rings. The van der Waals surface area contributed by atoms with Crippen molar-refractivity contribution in [2.24, 2.45) is 0 Å². The van der Waals surface area contributed by atoms with Gasteiger partial charge in [-0.25, -0.2) is 4.68 Å². The molecular formula is C24H31N7O2S. The van der Waals surface area contributed by atoms with Crippen molar-refractivity contribution in [3.63, 3.8) is 0 Å². The Bertz CT molecular complexity index is 1120. The largest absolute Gasteiger partial charge is 0.340 e. The molecule has 3 aromatic rings. The summed E-state index contributed by atoms with van der Waals surface area (Å²) in [4.78, 5) is 34.6. The number of hydrogen-bond donors (Lipinski definition) is 1. The van der Waals surface area contributed by atoms with E-state index >= 15 is 0 Å². The summed E-state index contributed by atoms with van der Waals surface area (Å²) >= 11 is 1.51. The molecule has 2 amide bonds. The normalized spacial score (nSPS) is 14.9. The van der Waals surface area contributed by atoms with Crippen LogP contribution in [0, 0.1) is 0 Å². The van der Waals surface area contributed by atoms with E-state index in [4.69, 9.17) is 0 Å². The zero-order valence-electron chi connectivity index (χ0n) is 19.9. The van der Waals surface area contributed by atoms with Crippen LogP contribution in [-0.2, 0) is 21.5 Å². The van der Waals surface area contributed by atoms with E-state index in [0.717, 1.165) is 28.2 Å². The number of rotatable bonds is 8. The Kier molecular flexibility index (Phi) is 7.38. The fourth-order valence-corrected chi connectivity index (χ4v) is 4.65. The first-order valence-corrected chi connectivity index (χ1v) is 12.4. The minimum Gasteiger partial charge on any atom is -0.340 e. The summed E-state index contributed by atoms with van der Waals surface area (Å²) in [7, 11) is 0. The Labute approximate surface area is 203 Å². The Morgan fingerprint density at radius 1 is 1.15 bits per heavy atom. The summed E-state index contributed by atoms with van der Waals surface area (Å²) in [5, 5.41) is 11.5. The molecule has 1 N–H and O–H groups in total. The van der Waals surface area contributed by atoms with Gasteiger partial charge in [0, 0.05) is 38.1 Å². The van der Waals surface area contributed by atoms with E-state index in [1.54, 1.807) is 16.4 Å². The van der Waals surface area contributed by atoms with Crippen molar-refractivity contribution in [2.75, 3.05) is 38.0 Å². The highest BCUT2D eigenvalue weighted by Gasteiger charge is 2.30. The molecule has 0 spiro atoms. The summed E-state index contributed by atoms with van der Waals surface area (Å²) in [5.41, 5.74) is 4.02. The molecule has 0 aliphatic carbocycles. The number of hydrogen-bond acceptors (Lipinski definition) is 7. The first kappa shape index (κ1) is 24.0. The standard InChI is InChI=1S/C24H31N7O2S/c1-4-18-7-5-6-8-19(18)26-22(32)16-29-9-11-30(12-10-29)23(33)13-24(2,3)31-15-20(27-28-31)21-14-25-17-34-21/h5-8,14-15,17H,4,9-13,16H2,1-3H3,(H,26,32). The third-order valence-electron chi connectivity index (χ3n) is 6.15. The van der Waals surface area contributed by atoms with E-state index in [1.165, 1.54) is 11.3 Å². The van der Waals surface area contributed by atoms with E-state index in [0.29, 0.717) is 39.1 Å². The number of amides is 2. The number of carbonyl (C=O) groups is 2. The summed E-state index contributed by atoms with van der Waals surface area (Å²) < 4.78 is 1.76. The van der Waals surface area contributed by atoms with E-state index in [1.807, 2.05) is 49.2 Å². The summed E-state index contributed by atoms with van der Waals surface area (Å²) in [6, 6.07) is 7.88. The van der Waals surface area contributed by atoms with Crippen LogP contribution in [0.3, 0.4) is 0 Å². The maximum Gasteiger partial charge on any atom is 0.238 e. The average molecular weight is 482 g/mol. The molecule has 34 heavy (non-hydrogen) atoms. The molecule has 3 heterocycles. The Morgan fingerprint density at radius 3 is 2.62 bits per heavy atom. The predicted octanol–water partition coefficient (Wildman–Crippen LogP) is 2.87. The fraction of sp³-hybridized carbons (Fsp3) is 0.458. The minimum atomic E-state index is -0.503. The van der Waals surface area contributed by atoms with Crippen LogP contribution in [0.2, 0.25) is 0 Å². The molecule has 1 aliphatic heterocycles. The van der Waals surface area contributed by atoms with Gasteiger partial charge in [-0.15, -0.1) is 16.4 Å². The molecule has 0 atom stereocenters. The second-order valence-electron chi connectivity index (χ2n) is 9.12. The lowest BCUT2D eigenvalue weighted by Crippen LogP contribution is -2.51. The molecule has 9 nitrogen and oxygen atoms in total. The van der Waals surface area contributed by atoms with Crippen LogP contribution in [0.15, 0.2) is 42.2 Å². The van der Waals surface area contributed by atoms with Gasteiger partial charge in [0.1, 0.15) is 5.69 Å². The van der Waals surface area contributed by atoms with Gasteiger partial charge < -0.3 is 10.2 Å². The highest BCUT2D eigenvalue weighted by molar-refractivity contribution is 7.13. The second-order valence-corrected chi connectivity index (χ2v) is 10.0. The molecule has 0 unspecified atom stereocenters. The van der Waals surface area contributed by atoms with Gasteiger partial charge in [0.05, 0.1) is 35.1 Å². The third kappa shape index (κ3) is 5.68. The molecule has 4 rings (SSSR count). The fourth-order valence-electron chi connectivity index (χ4n) is 4.08. The lowest BCUT2D eigenvalue weighted by atomic mass is 9.99. The minimum absolute atomic E-state index is 0.0234. The summed E-state index contributed by atoms with van der Waals surface area (Å²) in [6.45, 7) is 8.95. The van der Waals surface area contributed by atoms with Crippen molar-refractivity contribution in [1.82, 2.24) is 29.8 Å². The number of thiazole rings is 1. The summed E-state index contributed by atoms with van der Waals surface area (Å²) in [5.74, 6) is 0.0607. The molecular weight excluding hydrogens is 450 g/mol. The van der Waals surface area contributed by atoms with Gasteiger partial charge >= 0.3 is 0 Å². The van der Waals surface area contributed by atoms with Crippen molar-refractivity contribution < 1.29 is 9.59 Å². The number of carbonyl (C=O) groups excluding carboxylic acids is 2. The molecule has 1 saturated heterocycles. The quantitative estimate of drug-likeness (QED) is 0.532. The average Bonchev–Trinajstić information content (AvgIpc) is 3.52. The van der Waals surface area contributed by atoms with Crippen LogP contribution in [0.5, 0.6) is 0 Å². The zero-order valence-corrected chi connectivity index (χ0v) is 20.7. The molecule has 2 aromatic heterocycles. The van der Waals surface area contributed by atoms with E-state index in [2.05, 4.69) is 32.4 Å². The number of piperazine rings is 1. The van der Waals surface area contributed by atoms with Crippen molar-refractivity contribution in [3.05, 3.63) is 47.7 Å².